The van der Waals surface area contributed by atoms with Crippen molar-refractivity contribution in [3.05, 3.63) is 35.0 Å². The topological polar surface area (TPSA) is 27.8 Å². The molecule has 0 radical (unpaired) electrons. The van der Waals surface area contributed by atoms with Crippen LogP contribution in [0.4, 0.5) is 0 Å². The molecule has 0 spiro atoms. The van der Waals surface area contributed by atoms with Crippen molar-refractivity contribution in [2.45, 2.75) is 6.54 Å². The van der Waals surface area contributed by atoms with Gasteiger partial charge in [-0.15, -0.1) is 0 Å². The fourth-order valence-corrected chi connectivity index (χ4v) is 1.62. The van der Waals surface area contributed by atoms with Gasteiger partial charge < -0.3 is 10.3 Å². The van der Waals surface area contributed by atoms with Gasteiger partial charge in [-0.2, -0.15) is 0 Å². The second-order valence-corrected chi connectivity index (χ2v) is 3.49. The van der Waals surface area contributed by atoms with E-state index in [4.69, 9.17) is 11.6 Å². The summed E-state index contributed by atoms with van der Waals surface area (Å²) in [4.78, 5) is 3.29. The molecular formula is C10H11ClN2. The smallest absolute Gasteiger partial charge is 0.0471 e. The van der Waals surface area contributed by atoms with E-state index in [0.29, 0.717) is 0 Å². The second kappa shape index (κ2) is 3.40. The van der Waals surface area contributed by atoms with Crippen LogP contribution in [0.25, 0.3) is 10.9 Å². The summed E-state index contributed by atoms with van der Waals surface area (Å²) < 4.78 is 0. The van der Waals surface area contributed by atoms with Gasteiger partial charge in [-0.05, 0) is 30.6 Å². The number of aromatic amines is 1. The molecule has 1 aromatic heterocycles. The highest BCUT2D eigenvalue weighted by Crippen LogP contribution is 2.19. The molecule has 0 unspecified atom stereocenters. The first-order valence-electron chi connectivity index (χ1n) is 4.21. The number of aromatic nitrogens is 1. The van der Waals surface area contributed by atoms with Crippen LogP contribution in [0.15, 0.2) is 24.3 Å². The van der Waals surface area contributed by atoms with Gasteiger partial charge in [0.15, 0.2) is 0 Å². The van der Waals surface area contributed by atoms with Crippen LogP contribution in [0.5, 0.6) is 0 Å². The molecule has 0 saturated heterocycles. The van der Waals surface area contributed by atoms with Crippen LogP contribution in [0, 0.1) is 0 Å². The molecule has 0 saturated carbocycles. The molecule has 1 aromatic carbocycles. The molecule has 0 amide bonds. The number of rotatable bonds is 2. The Balaban J connectivity index is 2.49. The molecule has 2 nitrogen and oxygen atoms in total. The zero-order chi connectivity index (χ0) is 9.26. The zero-order valence-electron chi connectivity index (χ0n) is 7.39. The van der Waals surface area contributed by atoms with E-state index in [2.05, 4.69) is 16.4 Å². The van der Waals surface area contributed by atoms with Crippen molar-refractivity contribution in [2.24, 2.45) is 0 Å². The molecule has 13 heavy (non-hydrogen) atoms. The van der Waals surface area contributed by atoms with E-state index in [1.54, 1.807) is 0 Å². The quantitative estimate of drug-likeness (QED) is 0.756. The molecular weight excluding hydrogens is 184 g/mol. The molecule has 2 aromatic rings. The Labute approximate surface area is 81.9 Å². The summed E-state index contributed by atoms with van der Waals surface area (Å²) in [6, 6.07) is 7.99. The van der Waals surface area contributed by atoms with Crippen LogP contribution >= 0.6 is 11.6 Å². The highest BCUT2D eigenvalue weighted by atomic mass is 35.5. The Hall–Kier alpha value is -0.990. The van der Waals surface area contributed by atoms with Crippen LogP contribution in [-0.2, 0) is 6.54 Å². The lowest BCUT2D eigenvalue weighted by molar-refractivity contribution is 0.800. The largest absolute Gasteiger partial charge is 0.357 e. The third-order valence-electron chi connectivity index (χ3n) is 2.01. The Morgan fingerprint density at radius 3 is 3.00 bits per heavy atom. The lowest BCUT2D eigenvalue weighted by Crippen LogP contribution is -2.04. The summed E-state index contributed by atoms with van der Waals surface area (Å²) in [7, 11) is 1.93. The summed E-state index contributed by atoms with van der Waals surface area (Å²) in [5.41, 5.74) is 2.28. The fraction of sp³-hybridized carbons (Fsp3) is 0.200. The molecule has 0 fully saturated rings. The lowest BCUT2D eigenvalue weighted by atomic mass is 10.2. The first kappa shape index (κ1) is 8.60. The van der Waals surface area contributed by atoms with Crippen LogP contribution in [0.2, 0.25) is 5.02 Å². The third-order valence-corrected chi connectivity index (χ3v) is 2.24. The highest BCUT2D eigenvalue weighted by Gasteiger charge is 1.99. The summed E-state index contributed by atoms with van der Waals surface area (Å²) in [5, 5.41) is 5.07. The minimum atomic E-state index is 0.769. The van der Waals surface area contributed by atoms with Crippen molar-refractivity contribution in [1.82, 2.24) is 10.3 Å². The van der Waals surface area contributed by atoms with Gasteiger partial charge >= 0.3 is 0 Å². The molecule has 68 valence electrons. The maximum atomic E-state index is 5.87. The maximum absolute atomic E-state index is 5.87. The Bertz CT molecular complexity index is 420. The molecule has 0 atom stereocenters. The second-order valence-electron chi connectivity index (χ2n) is 3.06. The van der Waals surface area contributed by atoms with Gasteiger partial charge in [0.1, 0.15) is 0 Å². The normalized spacial score (nSPS) is 10.9. The maximum Gasteiger partial charge on any atom is 0.0471 e. The van der Waals surface area contributed by atoms with Crippen LogP contribution < -0.4 is 5.32 Å². The number of nitrogens with one attached hydrogen (secondary N) is 2. The first-order chi connectivity index (χ1) is 6.29. The number of fused-ring (bicyclic) bond motifs is 1. The SMILES string of the molecule is CNCc1cc2ccc(Cl)cc2[nH]1. The van der Waals surface area contributed by atoms with E-state index < -0.39 is 0 Å². The molecule has 1 heterocycles. The van der Waals surface area contributed by atoms with E-state index in [9.17, 15) is 0 Å². The summed E-state index contributed by atoms with van der Waals surface area (Å²) >= 11 is 5.87. The molecule has 0 bridgehead atoms. The minimum absolute atomic E-state index is 0.769. The fourth-order valence-electron chi connectivity index (χ4n) is 1.45. The van der Waals surface area contributed by atoms with Gasteiger partial charge in [-0.3, -0.25) is 0 Å². The zero-order valence-corrected chi connectivity index (χ0v) is 8.15. The number of halogens is 1. The van der Waals surface area contributed by atoms with Crippen molar-refractivity contribution < 1.29 is 0 Å². The van der Waals surface area contributed by atoms with Gasteiger partial charge in [0.05, 0.1) is 0 Å². The molecule has 3 heteroatoms. The Morgan fingerprint density at radius 1 is 1.38 bits per heavy atom. The van der Waals surface area contributed by atoms with Gasteiger partial charge in [0.2, 0.25) is 0 Å². The van der Waals surface area contributed by atoms with Crippen molar-refractivity contribution in [3.8, 4) is 0 Å². The summed E-state index contributed by atoms with van der Waals surface area (Å²) in [5.74, 6) is 0. The highest BCUT2D eigenvalue weighted by molar-refractivity contribution is 6.31. The van der Waals surface area contributed by atoms with Gasteiger partial charge in [-0.25, -0.2) is 0 Å². The van der Waals surface area contributed by atoms with Crippen LogP contribution in [0.1, 0.15) is 5.69 Å². The number of H-pyrrole nitrogens is 1. The van der Waals surface area contributed by atoms with E-state index in [-0.39, 0.29) is 0 Å². The van der Waals surface area contributed by atoms with Crippen molar-refractivity contribution >= 4 is 22.5 Å². The standard InChI is InChI=1S/C10H11ClN2/c1-12-6-9-4-7-2-3-8(11)5-10(7)13-9/h2-5,12-13H,6H2,1H3. The van der Waals surface area contributed by atoms with Crippen molar-refractivity contribution in [3.63, 3.8) is 0 Å². The van der Waals surface area contributed by atoms with E-state index >= 15 is 0 Å². The summed E-state index contributed by atoms with van der Waals surface area (Å²) in [6.45, 7) is 0.853. The Kier molecular flexibility index (Phi) is 2.25. The van der Waals surface area contributed by atoms with E-state index in [0.717, 1.165) is 17.1 Å². The number of benzene rings is 1. The Morgan fingerprint density at radius 2 is 2.23 bits per heavy atom. The first-order valence-corrected chi connectivity index (χ1v) is 4.59. The van der Waals surface area contributed by atoms with E-state index in [1.165, 1.54) is 11.1 Å². The molecule has 0 aliphatic rings. The van der Waals surface area contributed by atoms with Crippen molar-refractivity contribution in [2.75, 3.05) is 7.05 Å². The predicted molar refractivity (Wildman–Crippen MR) is 56.1 cm³/mol. The monoisotopic (exact) mass is 194 g/mol. The third kappa shape index (κ3) is 1.69. The van der Waals surface area contributed by atoms with E-state index in [1.807, 2.05) is 25.2 Å². The van der Waals surface area contributed by atoms with Gasteiger partial charge in [0.25, 0.3) is 0 Å². The number of hydrogen-bond donors (Lipinski definition) is 2. The lowest BCUT2D eigenvalue weighted by Gasteiger charge is -1.92. The van der Waals surface area contributed by atoms with Crippen molar-refractivity contribution in [1.29, 1.82) is 0 Å². The number of hydrogen-bond acceptors (Lipinski definition) is 1. The molecule has 0 aliphatic carbocycles. The molecule has 2 N–H and O–H groups in total. The predicted octanol–water partition coefficient (Wildman–Crippen LogP) is 2.54. The van der Waals surface area contributed by atoms with Crippen LogP contribution in [0.3, 0.4) is 0 Å². The summed E-state index contributed by atoms with van der Waals surface area (Å²) in [6.07, 6.45) is 0. The molecule has 0 aliphatic heterocycles. The minimum Gasteiger partial charge on any atom is -0.357 e. The van der Waals surface area contributed by atoms with Gasteiger partial charge in [-0.1, -0.05) is 17.7 Å². The average molecular weight is 195 g/mol. The van der Waals surface area contributed by atoms with Gasteiger partial charge in [0, 0.05) is 22.8 Å². The average Bonchev–Trinajstić information content (AvgIpc) is 2.46. The van der Waals surface area contributed by atoms with Crippen LogP contribution in [-0.4, -0.2) is 12.0 Å². The molecule has 2 rings (SSSR count).